The van der Waals surface area contributed by atoms with E-state index in [1.807, 2.05) is 0 Å². The lowest BCUT2D eigenvalue weighted by Gasteiger charge is -2.05. The Morgan fingerprint density at radius 2 is 2.16 bits per heavy atom. The minimum Gasteiger partial charge on any atom is -0.477 e. The first-order chi connectivity index (χ1) is 8.90. The third-order valence-electron chi connectivity index (χ3n) is 2.06. The monoisotopic (exact) mass is 362 g/mol. The van der Waals surface area contributed by atoms with E-state index in [1.165, 1.54) is 12.3 Å². The Kier molecular flexibility index (Phi) is 3.88. The molecule has 2 N–H and O–H groups in total. The van der Waals surface area contributed by atoms with Gasteiger partial charge in [0, 0.05) is 6.20 Å². The summed E-state index contributed by atoms with van der Waals surface area (Å²) in [7, 11) is -3.87. The van der Waals surface area contributed by atoms with Gasteiger partial charge in [-0.2, -0.15) is 0 Å². The molecule has 0 bridgehead atoms. The maximum atomic E-state index is 12.1. The number of pyridine rings is 1. The van der Waals surface area contributed by atoms with Crippen molar-refractivity contribution in [3.05, 3.63) is 39.1 Å². The van der Waals surface area contributed by atoms with Crippen molar-refractivity contribution < 1.29 is 18.3 Å². The van der Waals surface area contributed by atoms with Gasteiger partial charge in [-0.15, -0.1) is 11.3 Å². The molecule has 0 amide bonds. The highest BCUT2D eigenvalue weighted by Gasteiger charge is 2.23. The van der Waals surface area contributed by atoms with Crippen LogP contribution in [0.15, 0.2) is 39.1 Å². The third kappa shape index (κ3) is 3.11. The molecule has 100 valence electrons. The van der Waals surface area contributed by atoms with Crippen molar-refractivity contribution in [3.63, 3.8) is 0 Å². The normalized spacial score (nSPS) is 11.2. The number of thiophene rings is 1. The van der Waals surface area contributed by atoms with Gasteiger partial charge in [0.1, 0.15) is 15.6 Å². The van der Waals surface area contributed by atoms with Crippen LogP contribution in [0.3, 0.4) is 0 Å². The van der Waals surface area contributed by atoms with E-state index >= 15 is 0 Å². The van der Waals surface area contributed by atoms with Gasteiger partial charge in [-0.1, -0.05) is 6.07 Å². The summed E-state index contributed by atoms with van der Waals surface area (Å²) >= 11 is 3.89. The molecular weight excluding hydrogens is 356 g/mol. The van der Waals surface area contributed by atoms with Gasteiger partial charge in [-0.05, 0) is 34.1 Å². The molecule has 0 aliphatic rings. The number of hydrogen-bond acceptors (Lipinski definition) is 5. The number of nitrogens with zero attached hydrogens (tertiary/aromatic N) is 1. The van der Waals surface area contributed by atoms with Crippen molar-refractivity contribution in [2.24, 2.45) is 0 Å². The molecule has 0 fully saturated rings. The van der Waals surface area contributed by atoms with Crippen LogP contribution in [0.2, 0.25) is 0 Å². The average Bonchev–Trinajstić information content (AvgIpc) is 2.73. The molecule has 0 unspecified atom stereocenters. The van der Waals surface area contributed by atoms with E-state index in [-0.39, 0.29) is 19.4 Å². The lowest BCUT2D eigenvalue weighted by atomic mass is 10.5. The first-order valence-corrected chi connectivity index (χ1v) is 7.96. The summed E-state index contributed by atoms with van der Waals surface area (Å²) in [5, 5.41) is 8.84. The number of aromatic carboxylic acids is 1. The van der Waals surface area contributed by atoms with Crippen LogP contribution >= 0.6 is 27.3 Å². The van der Waals surface area contributed by atoms with E-state index in [2.05, 4.69) is 25.6 Å². The second-order valence-electron chi connectivity index (χ2n) is 3.37. The largest absolute Gasteiger partial charge is 0.477 e. The van der Waals surface area contributed by atoms with E-state index in [0.29, 0.717) is 0 Å². The molecule has 2 aromatic heterocycles. The number of anilines is 1. The van der Waals surface area contributed by atoms with E-state index in [9.17, 15) is 13.2 Å². The fourth-order valence-electron chi connectivity index (χ4n) is 1.26. The molecule has 0 atom stereocenters. The lowest BCUT2D eigenvalue weighted by molar-refractivity contribution is 0.0702. The Labute approximate surface area is 121 Å². The van der Waals surface area contributed by atoms with E-state index < -0.39 is 16.0 Å². The van der Waals surface area contributed by atoms with Crippen LogP contribution in [0, 0.1) is 0 Å². The molecule has 0 aromatic carbocycles. The number of sulfonamides is 1. The quantitative estimate of drug-likeness (QED) is 0.870. The zero-order valence-electron chi connectivity index (χ0n) is 9.20. The van der Waals surface area contributed by atoms with Gasteiger partial charge in [-0.25, -0.2) is 18.2 Å². The molecule has 6 nitrogen and oxygen atoms in total. The van der Waals surface area contributed by atoms with Gasteiger partial charge in [0.25, 0.3) is 10.0 Å². The molecule has 19 heavy (non-hydrogen) atoms. The number of carbonyl (C=O) groups is 1. The summed E-state index contributed by atoms with van der Waals surface area (Å²) in [6.07, 6.45) is 1.45. The van der Waals surface area contributed by atoms with Crippen molar-refractivity contribution >= 4 is 49.1 Å². The summed E-state index contributed by atoms with van der Waals surface area (Å²) in [4.78, 5) is 14.5. The minimum absolute atomic E-state index is 0.0618. The third-order valence-corrected chi connectivity index (χ3v) is 5.65. The summed E-state index contributed by atoms with van der Waals surface area (Å²) in [5.74, 6) is -1.01. The van der Waals surface area contributed by atoms with Crippen molar-refractivity contribution in [1.29, 1.82) is 0 Å². The second-order valence-corrected chi connectivity index (χ2v) is 7.40. The molecule has 0 radical (unpaired) electrons. The summed E-state index contributed by atoms with van der Waals surface area (Å²) in [5.41, 5.74) is 0. The standard InChI is InChI=1S/C10H7BrN2O4S2/c11-9-7(5-6(18-9)10(14)15)19(16,17)13-8-3-1-2-4-12-8/h1-5H,(H,12,13)(H,14,15). The van der Waals surface area contributed by atoms with Crippen molar-refractivity contribution in [1.82, 2.24) is 4.98 Å². The molecule has 0 spiro atoms. The molecule has 0 aliphatic heterocycles. The van der Waals surface area contributed by atoms with Gasteiger partial charge in [0.05, 0.1) is 3.79 Å². The predicted molar refractivity (Wildman–Crippen MR) is 74.0 cm³/mol. The zero-order chi connectivity index (χ0) is 14.0. The zero-order valence-corrected chi connectivity index (χ0v) is 12.4. The highest BCUT2D eigenvalue weighted by Crippen LogP contribution is 2.32. The molecule has 2 rings (SSSR count). The number of carboxylic acid groups (broad SMARTS) is 1. The van der Waals surface area contributed by atoms with Crippen LogP contribution in [-0.2, 0) is 10.0 Å². The minimum atomic E-state index is -3.87. The molecule has 9 heteroatoms. The van der Waals surface area contributed by atoms with Crippen LogP contribution in [0.1, 0.15) is 9.67 Å². The van der Waals surface area contributed by atoms with Gasteiger partial charge in [0.2, 0.25) is 0 Å². The van der Waals surface area contributed by atoms with Crippen LogP contribution in [0.5, 0.6) is 0 Å². The first-order valence-electron chi connectivity index (χ1n) is 4.86. The molecule has 0 aliphatic carbocycles. The van der Waals surface area contributed by atoms with Gasteiger partial charge in [0.15, 0.2) is 0 Å². The van der Waals surface area contributed by atoms with E-state index in [0.717, 1.165) is 17.4 Å². The van der Waals surface area contributed by atoms with Crippen LogP contribution in [-0.4, -0.2) is 24.5 Å². The number of aromatic nitrogens is 1. The van der Waals surface area contributed by atoms with Gasteiger partial charge in [-0.3, -0.25) is 4.72 Å². The van der Waals surface area contributed by atoms with Gasteiger partial charge < -0.3 is 5.11 Å². The summed E-state index contributed by atoms with van der Waals surface area (Å²) < 4.78 is 26.7. The first kappa shape index (κ1) is 14.0. The number of hydrogen-bond donors (Lipinski definition) is 2. The topological polar surface area (TPSA) is 96.4 Å². The molecule has 0 saturated carbocycles. The van der Waals surface area contributed by atoms with Crippen molar-refractivity contribution in [2.45, 2.75) is 4.90 Å². The van der Waals surface area contributed by atoms with Gasteiger partial charge >= 0.3 is 5.97 Å². The number of nitrogens with one attached hydrogen (secondary N) is 1. The number of rotatable bonds is 4. The highest BCUT2D eigenvalue weighted by molar-refractivity contribution is 9.11. The summed E-state index contributed by atoms with van der Waals surface area (Å²) in [6, 6.07) is 5.88. The Hall–Kier alpha value is -1.45. The van der Waals surface area contributed by atoms with E-state index in [1.54, 1.807) is 12.1 Å². The van der Waals surface area contributed by atoms with Crippen LogP contribution in [0.4, 0.5) is 5.82 Å². The Morgan fingerprint density at radius 3 is 2.68 bits per heavy atom. The van der Waals surface area contributed by atoms with Crippen molar-refractivity contribution in [3.8, 4) is 0 Å². The maximum Gasteiger partial charge on any atom is 0.345 e. The SMILES string of the molecule is O=C(O)c1cc(S(=O)(=O)Nc2ccccn2)c(Br)s1. The number of carboxylic acids is 1. The smallest absolute Gasteiger partial charge is 0.345 e. The number of halogens is 1. The Bertz CT molecular complexity index is 712. The highest BCUT2D eigenvalue weighted by atomic mass is 79.9. The predicted octanol–water partition coefficient (Wildman–Crippen LogP) is 2.40. The van der Waals surface area contributed by atoms with E-state index in [4.69, 9.17) is 5.11 Å². The maximum absolute atomic E-state index is 12.1. The van der Waals surface area contributed by atoms with Crippen LogP contribution in [0.25, 0.3) is 0 Å². The van der Waals surface area contributed by atoms with Crippen LogP contribution < -0.4 is 4.72 Å². The molecule has 2 heterocycles. The molecule has 2 aromatic rings. The molecule has 0 saturated heterocycles. The fourth-order valence-corrected chi connectivity index (χ4v) is 4.67. The lowest BCUT2D eigenvalue weighted by Crippen LogP contribution is -2.13. The Morgan fingerprint density at radius 1 is 1.42 bits per heavy atom. The summed E-state index contributed by atoms with van der Waals surface area (Å²) in [6.45, 7) is 0. The second kappa shape index (κ2) is 5.27. The molecular formula is C10H7BrN2O4S2. The average molecular weight is 363 g/mol. The van der Waals surface area contributed by atoms with Crippen molar-refractivity contribution in [2.75, 3.05) is 4.72 Å². The Balaban J connectivity index is 2.37. The fraction of sp³-hybridized carbons (Fsp3) is 0.